The highest BCUT2D eigenvalue weighted by Crippen LogP contribution is 2.37. The van der Waals surface area contributed by atoms with Gasteiger partial charge in [-0.3, -0.25) is 4.79 Å². The zero-order valence-corrected chi connectivity index (χ0v) is 24.7. The number of hydrogen-bond acceptors (Lipinski definition) is 9. The molecular weight excluding hydrogens is 569 g/mol. The number of ether oxygens (including phenoxy) is 3. The van der Waals surface area contributed by atoms with E-state index in [9.17, 15) is 19.2 Å². The summed E-state index contributed by atoms with van der Waals surface area (Å²) in [5.74, 6) is -0.973. The molecule has 4 rings (SSSR count). The van der Waals surface area contributed by atoms with Gasteiger partial charge in [0.15, 0.2) is 18.4 Å². The largest absolute Gasteiger partial charge is 0.467 e. The van der Waals surface area contributed by atoms with Gasteiger partial charge in [-0.2, -0.15) is 5.26 Å². The van der Waals surface area contributed by atoms with Crippen molar-refractivity contribution in [2.45, 2.75) is 26.4 Å². The summed E-state index contributed by atoms with van der Waals surface area (Å²) in [4.78, 5) is 29.4. The van der Waals surface area contributed by atoms with Crippen LogP contribution in [-0.4, -0.2) is 49.6 Å². The summed E-state index contributed by atoms with van der Waals surface area (Å²) in [7, 11) is 1.44. The lowest BCUT2D eigenvalue weighted by Crippen LogP contribution is -2.34. The molecule has 0 aliphatic carbocycles. The van der Waals surface area contributed by atoms with Crippen LogP contribution in [0.5, 0.6) is 5.75 Å². The van der Waals surface area contributed by atoms with E-state index in [4.69, 9.17) is 18.6 Å². The topological polar surface area (TPSA) is 148 Å². The number of nitrogens with one attached hydrogen (secondary N) is 3. The summed E-state index contributed by atoms with van der Waals surface area (Å²) in [6.07, 6.45) is 0.837. The number of rotatable bonds is 11. The van der Waals surface area contributed by atoms with E-state index in [-0.39, 0.29) is 29.7 Å². The normalized spacial score (nSPS) is 10.9. The first-order valence-electron chi connectivity index (χ1n) is 13.6. The van der Waals surface area contributed by atoms with Crippen LogP contribution in [0.1, 0.15) is 36.9 Å². The fraction of sp³-hybridized carbons (Fsp3) is 0.250. The van der Waals surface area contributed by atoms with Crippen molar-refractivity contribution in [3.63, 3.8) is 0 Å². The number of halogens is 1. The van der Waals surface area contributed by atoms with E-state index in [0.29, 0.717) is 41.2 Å². The van der Waals surface area contributed by atoms with Gasteiger partial charge in [-0.15, -0.1) is 0 Å². The monoisotopic (exact) mass is 601 g/mol. The fourth-order valence-electron chi connectivity index (χ4n) is 4.12. The fourth-order valence-corrected chi connectivity index (χ4v) is 4.12. The highest BCUT2D eigenvalue weighted by Gasteiger charge is 2.21. The van der Waals surface area contributed by atoms with Crippen LogP contribution in [0.25, 0.3) is 22.4 Å². The van der Waals surface area contributed by atoms with Crippen LogP contribution in [0.4, 0.5) is 20.7 Å². The number of alkyl carbamates (subject to hydrolysis) is 1. The summed E-state index contributed by atoms with van der Waals surface area (Å²) in [5.41, 5.74) is 2.00. The number of pyridine rings is 1. The molecule has 0 aliphatic rings. The van der Waals surface area contributed by atoms with Gasteiger partial charge in [0.25, 0.3) is 5.91 Å². The molecule has 2 heterocycles. The van der Waals surface area contributed by atoms with Gasteiger partial charge in [0.2, 0.25) is 0 Å². The molecule has 2 amide bonds. The molecule has 0 saturated heterocycles. The van der Waals surface area contributed by atoms with Gasteiger partial charge in [-0.25, -0.2) is 14.2 Å². The predicted octanol–water partition coefficient (Wildman–Crippen LogP) is 6.19. The molecule has 12 heteroatoms. The molecule has 44 heavy (non-hydrogen) atoms. The van der Waals surface area contributed by atoms with Crippen LogP contribution in [0, 0.1) is 17.1 Å². The molecule has 0 unspecified atom stereocenters. The Balaban J connectivity index is 1.70. The van der Waals surface area contributed by atoms with Crippen molar-refractivity contribution in [2.75, 3.05) is 37.6 Å². The molecule has 0 atom stereocenters. The van der Waals surface area contributed by atoms with E-state index in [2.05, 4.69) is 27.0 Å². The number of hydrogen-bond donors (Lipinski definition) is 3. The maximum Gasteiger partial charge on any atom is 0.407 e. The minimum Gasteiger partial charge on any atom is -0.467 e. The van der Waals surface area contributed by atoms with Gasteiger partial charge in [-0.1, -0.05) is 12.1 Å². The maximum absolute atomic E-state index is 14.2. The average Bonchev–Trinajstić information content (AvgIpc) is 3.53. The van der Waals surface area contributed by atoms with Crippen LogP contribution in [0.3, 0.4) is 0 Å². The van der Waals surface area contributed by atoms with E-state index in [0.717, 1.165) is 0 Å². The maximum atomic E-state index is 14.2. The summed E-state index contributed by atoms with van der Waals surface area (Å²) >= 11 is 0. The molecule has 0 saturated carbocycles. The number of aromatic nitrogens is 1. The van der Waals surface area contributed by atoms with Crippen molar-refractivity contribution in [3.8, 4) is 34.2 Å². The number of furan rings is 1. The predicted molar refractivity (Wildman–Crippen MR) is 162 cm³/mol. The molecular formula is C32H32FN5O6. The third-order valence-electron chi connectivity index (χ3n) is 5.96. The standard InChI is InChI=1S/C32H32FN5O6/c1-32(2,3)44-31(40)36-13-12-35-22-8-5-7-20(15-22)24-17-26(23-11-10-21(33)16-28(23)43-19-41-4)37-29(25(24)18-34)38-30(39)27-9-6-14-42-27/h5-11,14-17,35H,12-13,19H2,1-4H3,(H,36,40)(H,37,38,39). The van der Waals surface area contributed by atoms with Crippen molar-refractivity contribution < 1.29 is 32.6 Å². The number of carbonyl (C=O) groups excluding carboxylic acids is 2. The van der Waals surface area contributed by atoms with Gasteiger partial charge in [0.1, 0.15) is 28.8 Å². The second-order valence-corrected chi connectivity index (χ2v) is 10.4. The minimum atomic E-state index is -0.607. The van der Waals surface area contributed by atoms with Crippen LogP contribution < -0.4 is 20.7 Å². The van der Waals surface area contributed by atoms with E-state index in [1.807, 2.05) is 12.1 Å². The van der Waals surface area contributed by atoms with Crippen molar-refractivity contribution in [3.05, 3.63) is 84.1 Å². The first-order chi connectivity index (χ1) is 21.1. The highest BCUT2D eigenvalue weighted by molar-refractivity contribution is 6.03. The molecule has 0 fully saturated rings. The summed E-state index contributed by atoms with van der Waals surface area (Å²) in [6.45, 7) is 5.92. The molecule has 0 aliphatic heterocycles. The lowest BCUT2D eigenvalue weighted by Gasteiger charge is -2.19. The third-order valence-corrected chi connectivity index (χ3v) is 5.96. The number of amides is 2. The average molecular weight is 602 g/mol. The van der Waals surface area contributed by atoms with Crippen molar-refractivity contribution in [2.24, 2.45) is 0 Å². The number of nitriles is 1. The summed E-state index contributed by atoms with van der Waals surface area (Å²) in [6, 6.07) is 18.1. The Hall–Kier alpha value is -5.41. The number of nitrogens with zero attached hydrogens (tertiary/aromatic N) is 2. The first kappa shape index (κ1) is 31.5. The summed E-state index contributed by atoms with van der Waals surface area (Å²) < 4.78 is 35.2. The van der Waals surface area contributed by atoms with Gasteiger partial charge in [-0.05, 0) is 68.8 Å². The molecule has 2 aromatic heterocycles. The second kappa shape index (κ2) is 14.2. The lowest BCUT2D eigenvalue weighted by atomic mass is 9.97. The number of anilines is 2. The quantitative estimate of drug-likeness (QED) is 0.135. The van der Waals surface area contributed by atoms with Gasteiger partial charge in [0, 0.05) is 43.1 Å². The van der Waals surface area contributed by atoms with Crippen LogP contribution >= 0.6 is 0 Å². The van der Waals surface area contributed by atoms with Crippen molar-refractivity contribution >= 4 is 23.5 Å². The Morgan fingerprint density at radius 3 is 2.57 bits per heavy atom. The van der Waals surface area contributed by atoms with Crippen LogP contribution in [-0.2, 0) is 9.47 Å². The zero-order valence-electron chi connectivity index (χ0n) is 24.7. The number of carbonyl (C=O) groups is 2. The minimum absolute atomic E-state index is 0.0247. The molecule has 0 bridgehead atoms. The molecule has 4 aromatic rings. The third kappa shape index (κ3) is 8.33. The molecule has 228 valence electrons. The van der Waals surface area contributed by atoms with Crippen molar-refractivity contribution in [1.82, 2.24) is 10.3 Å². The van der Waals surface area contributed by atoms with Gasteiger partial charge in [0.05, 0.1) is 12.0 Å². The zero-order chi connectivity index (χ0) is 31.7. The Morgan fingerprint density at radius 2 is 1.86 bits per heavy atom. The number of benzene rings is 2. The van der Waals surface area contributed by atoms with Crippen LogP contribution in [0.2, 0.25) is 0 Å². The van der Waals surface area contributed by atoms with E-state index < -0.39 is 23.4 Å². The lowest BCUT2D eigenvalue weighted by molar-refractivity contribution is 0.0512. The molecule has 3 N–H and O–H groups in total. The molecule has 11 nitrogen and oxygen atoms in total. The second-order valence-electron chi connectivity index (χ2n) is 10.4. The van der Waals surface area contributed by atoms with Gasteiger partial charge >= 0.3 is 6.09 Å². The Morgan fingerprint density at radius 1 is 1.05 bits per heavy atom. The molecule has 0 spiro atoms. The van der Waals surface area contributed by atoms with Crippen molar-refractivity contribution in [1.29, 1.82) is 5.26 Å². The molecule has 2 aromatic carbocycles. The van der Waals surface area contributed by atoms with E-state index in [1.165, 1.54) is 37.6 Å². The highest BCUT2D eigenvalue weighted by atomic mass is 19.1. The molecule has 0 radical (unpaired) electrons. The van der Waals surface area contributed by atoms with Crippen LogP contribution in [0.15, 0.2) is 71.3 Å². The van der Waals surface area contributed by atoms with E-state index >= 15 is 0 Å². The Kier molecular flexibility index (Phi) is 10.2. The smallest absolute Gasteiger partial charge is 0.407 e. The Labute approximate surface area is 254 Å². The van der Waals surface area contributed by atoms with Gasteiger partial charge < -0.3 is 34.6 Å². The SMILES string of the molecule is COCOc1cc(F)ccc1-c1cc(-c2cccc(NCCNC(=O)OC(C)(C)C)c2)c(C#N)c(NC(=O)c2ccco2)n1. The summed E-state index contributed by atoms with van der Waals surface area (Å²) in [5, 5.41) is 18.8. The first-order valence-corrected chi connectivity index (χ1v) is 13.6. The Bertz CT molecular complexity index is 1660. The van der Waals surface area contributed by atoms with E-state index in [1.54, 1.807) is 45.0 Å². The number of methoxy groups -OCH3 is 1.